The van der Waals surface area contributed by atoms with Gasteiger partial charge in [0.15, 0.2) is 0 Å². The van der Waals surface area contributed by atoms with E-state index in [2.05, 4.69) is 20.2 Å². The van der Waals surface area contributed by atoms with Crippen LogP contribution in [0.1, 0.15) is 29.7 Å². The van der Waals surface area contributed by atoms with Crippen molar-refractivity contribution in [2.24, 2.45) is 0 Å². The average molecular weight is 426 g/mol. The molecule has 0 saturated carbocycles. The second kappa shape index (κ2) is 8.50. The summed E-state index contributed by atoms with van der Waals surface area (Å²) < 4.78 is 5.87. The van der Waals surface area contributed by atoms with Crippen LogP contribution in [0.3, 0.4) is 0 Å². The zero-order valence-corrected chi connectivity index (χ0v) is 17.5. The van der Waals surface area contributed by atoms with E-state index in [0.29, 0.717) is 48.4 Å². The molecular weight excluding hydrogens is 404 g/mol. The quantitative estimate of drug-likeness (QED) is 0.485. The van der Waals surface area contributed by atoms with E-state index in [-0.39, 0.29) is 7.33 Å². The summed E-state index contributed by atoms with van der Waals surface area (Å²) in [5, 5.41) is 8.34. The highest BCUT2D eigenvalue weighted by Gasteiger charge is 2.22. The van der Waals surface area contributed by atoms with Crippen molar-refractivity contribution < 1.29 is 10.6 Å². The average Bonchev–Trinajstić information content (AvgIpc) is 3.35. The first-order valence-electron chi connectivity index (χ1n) is 10.3. The summed E-state index contributed by atoms with van der Waals surface area (Å²) in [6.45, 7) is 2.94. The lowest BCUT2D eigenvalue weighted by atomic mass is 10.0. The monoisotopic (exact) mass is 426 g/mol. The molecule has 0 spiro atoms. The molecule has 1 aromatic carbocycles. The number of carbonyl (C=O) groups excluding carboxylic acids is 1. The van der Waals surface area contributed by atoms with Gasteiger partial charge >= 0.3 is 0 Å². The smallest absolute Gasteiger partial charge is 0.272 e. The van der Waals surface area contributed by atoms with Crippen LogP contribution in [-0.2, 0) is 0 Å². The Morgan fingerprint density at radius 1 is 1.03 bits per heavy atom. The molecule has 0 aliphatic carbocycles. The Bertz CT molecular complexity index is 1290. The van der Waals surface area contributed by atoms with Crippen LogP contribution in [0.25, 0.3) is 28.6 Å². The molecule has 1 aliphatic heterocycles. The van der Waals surface area contributed by atoms with E-state index in [1.807, 2.05) is 49.4 Å². The Hall–Kier alpha value is -4.20. The van der Waals surface area contributed by atoms with Crippen LogP contribution in [0.2, 0.25) is 0 Å². The van der Waals surface area contributed by atoms with Gasteiger partial charge in [-0.25, -0.2) is 4.98 Å². The van der Waals surface area contributed by atoms with Crippen molar-refractivity contribution in [1.82, 2.24) is 30.0 Å². The van der Waals surface area contributed by atoms with Crippen molar-refractivity contribution in [2.75, 3.05) is 13.1 Å². The number of amides is 1. The predicted molar refractivity (Wildman–Crippen MR) is 120 cm³/mol. The van der Waals surface area contributed by atoms with Crippen LogP contribution in [0.4, 0.5) is 0 Å². The highest BCUT2D eigenvalue weighted by atomic mass is 16.4. The summed E-state index contributed by atoms with van der Waals surface area (Å²) >= 11 is 0. The summed E-state index contributed by atoms with van der Waals surface area (Å²) in [7, 11) is 0. The van der Waals surface area contributed by atoms with Crippen molar-refractivity contribution in [3.8, 4) is 23.0 Å². The molecule has 0 fully saturated rings. The molecule has 0 atom stereocenters. The van der Waals surface area contributed by atoms with Crippen LogP contribution in [0.5, 0.6) is 0 Å². The standard InChI is InChI=1S/C24H20N6O2.H2/c1-16-21(23-29-28-22(32-23)18-7-3-2-4-8-18)27-20(15-26-16)17-10-13-30(14-11-17)24(31)19-9-5-6-12-25-19;/h2-10,12,15H,11,13-14H2,1H3;1H. The normalized spacial score (nSPS) is 13.7. The molecule has 0 N–H and O–H groups in total. The van der Waals surface area contributed by atoms with Crippen molar-refractivity contribution in [2.45, 2.75) is 13.3 Å². The van der Waals surface area contributed by atoms with Crippen LogP contribution < -0.4 is 0 Å². The molecule has 32 heavy (non-hydrogen) atoms. The first kappa shape index (κ1) is 19.7. The van der Waals surface area contributed by atoms with Gasteiger partial charge in [0.05, 0.1) is 17.6 Å². The van der Waals surface area contributed by atoms with Gasteiger partial charge in [0.1, 0.15) is 11.4 Å². The molecule has 3 aromatic heterocycles. The topological polar surface area (TPSA) is 97.9 Å². The molecule has 1 amide bonds. The minimum Gasteiger partial charge on any atom is -0.415 e. The van der Waals surface area contributed by atoms with E-state index in [9.17, 15) is 4.79 Å². The van der Waals surface area contributed by atoms with Crippen molar-refractivity contribution in [3.63, 3.8) is 0 Å². The lowest BCUT2D eigenvalue weighted by Crippen LogP contribution is -2.35. The second-order valence-electron chi connectivity index (χ2n) is 7.41. The van der Waals surface area contributed by atoms with Gasteiger partial charge in [-0.05, 0) is 43.2 Å². The first-order chi connectivity index (χ1) is 15.7. The third-order valence-electron chi connectivity index (χ3n) is 5.31. The van der Waals surface area contributed by atoms with Gasteiger partial charge < -0.3 is 9.32 Å². The fourth-order valence-electron chi connectivity index (χ4n) is 3.56. The van der Waals surface area contributed by atoms with Gasteiger partial charge in [0.25, 0.3) is 11.8 Å². The number of carbonyl (C=O) groups is 1. The van der Waals surface area contributed by atoms with Crippen LogP contribution in [0.15, 0.2) is 71.4 Å². The van der Waals surface area contributed by atoms with E-state index < -0.39 is 0 Å². The minimum absolute atomic E-state index is 0. The Labute approximate surface area is 186 Å². The molecule has 1 aliphatic rings. The molecule has 8 nitrogen and oxygen atoms in total. The number of hydrogen-bond donors (Lipinski definition) is 0. The van der Waals surface area contributed by atoms with Gasteiger partial charge in [-0.3, -0.25) is 14.8 Å². The highest BCUT2D eigenvalue weighted by molar-refractivity contribution is 5.92. The van der Waals surface area contributed by atoms with Crippen molar-refractivity contribution in [3.05, 3.63) is 84.1 Å². The fourth-order valence-corrected chi connectivity index (χ4v) is 3.56. The summed E-state index contributed by atoms with van der Waals surface area (Å²) in [5.41, 5.74) is 4.35. The van der Waals surface area contributed by atoms with Crippen LogP contribution in [0, 0.1) is 6.92 Å². The molecule has 5 rings (SSSR count). The number of hydrogen-bond acceptors (Lipinski definition) is 7. The predicted octanol–water partition coefficient (Wildman–Crippen LogP) is 4.07. The maximum absolute atomic E-state index is 12.6. The molecule has 0 saturated heterocycles. The third kappa shape index (κ3) is 3.90. The highest BCUT2D eigenvalue weighted by Crippen LogP contribution is 2.27. The number of benzene rings is 1. The molecular formula is C24H22N6O2. The second-order valence-corrected chi connectivity index (χ2v) is 7.41. The Kier molecular flexibility index (Phi) is 5.25. The van der Waals surface area contributed by atoms with E-state index in [4.69, 9.17) is 9.40 Å². The fraction of sp³-hybridized carbons (Fsp3) is 0.167. The molecule has 4 aromatic rings. The van der Waals surface area contributed by atoms with Crippen LogP contribution >= 0.6 is 0 Å². The number of aromatic nitrogens is 5. The molecule has 4 heterocycles. The molecule has 0 radical (unpaired) electrons. The molecule has 8 heteroatoms. The number of aryl methyl sites for hydroxylation is 1. The van der Waals surface area contributed by atoms with Gasteiger partial charge in [-0.2, -0.15) is 0 Å². The minimum atomic E-state index is -0.0733. The van der Waals surface area contributed by atoms with Gasteiger partial charge in [0, 0.05) is 26.3 Å². The number of nitrogens with zero attached hydrogens (tertiary/aromatic N) is 6. The molecule has 0 unspecified atom stereocenters. The lowest BCUT2D eigenvalue weighted by molar-refractivity contribution is 0.0767. The van der Waals surface area contributed by atoms with Crippen LogP contribution in [-0.4, -0.2) is 49.0 Å². The summed E-state index contributed by atoms with van der Waals surface area (Å²) in [6, 6.07) is 14.9. The Morgan fingerprint density at radius 3 is 2.59 bits per heavy atom. The van der Waals surface area contributed by atoms with Gasteiger partial charge in [-0.15, -0.1) is 10.2 Å². The van der Waals surface area contributed by atoms with Crippen molar-refractivity contribution in [1.29, 1.82) is 0 Å². The van der Waals surface area contributed by atoms with Gasteiger partial charge in [-0.1, -0.05) is 30.3 Å². The zero-order valence-electron chi connectivity index (χ0n) is 17.5. The Balaban J connectivity index is 0.00000259. The van der Waals surface area contributed by atoms with E-state index in [1.54, 1.807) is 29.4 Å². The zero-order chi connectivity index (χ0) is 21.9. The number of rotatable bonds is 4. The van der Waals surface area contributed by atoms with Crippen molar-refractivity contribution >= 4 is 11.5 Å². The van der Waals surface area contributed by atoms with E-state index in [1.165, 1.54) is 0 Å². The van der Waals surface area contributed by atoms with Gasteiger partial charge in [0.2, 0.25) is 5.89 Å². The first-order valence-corrected chi connectivity index (χ1v) is 10.3. The number of pyridine rings is 1. The SMILES string of the molecule is Cc1ncc(C2=CCN(C(=O)c3ccccn3)CC2)nc1-c1nnc(-c2ccccc2)o1.[HH]. The summed E-state index contributed by atoms with van der Waals surface area (Å²) in [5.74, 6) is 0.697. The molecule has 160 valence electrons. The third-order valence-corrected chi connectivity index (χ3v) is 5.31. The summed E-state index contributed by atoms with van der Waals surface area (Å²) in [4.78, 5) is 27.8. The summed E-state index contributed by atoms with van der Waals surface area (Å²) in [6.07, 6.45) is 6.06. The maximum atomic E-state index is 12.6. The lowest BCUT2D eigenvalue weighted by Gasteiger charge is -2.26. The van der Waals surface area contributed by atoms with E-state index >= 15 is 0 Å². The Morgan fingerprint density at radius 2 is 1.84 bits per heavy atom. The largest absolute Gasteiger partial charge is 0.415 e. The molecule has 0 bridgehead atoms. The maximum Gasteiger partial charge on any atom is 0.272 e. The van der Waals surface area contributed by atoms with E-state index in [0.717, 1.165) is 16.8 Å².